The summed E-state index contributed by atoms with van der Waals surface area (Å²) in [5, 5.41) is 7.10. The maximum absolute atomic E-state index is 12.1. The second kappa shape index (κ2) is 4.87. The summed E-state index contributed by atoms with van der Waals surface area (Å²) in [5.41, 5.74) is 7.54. The van der Waals surface area contributed by atoms with Gasteiger partial charge in [-0.2, -0.15) is 5.10 Å². The van der Waals surface area contributed by atoms with Crippen molar-refractivity contribution < 1.29 is 4.79 Å². The fourth-order valence-electron chi connectivity index (χ4n) is 2.31. The third-order valence-corrected chi connectivity index (χ3v) is 3.62. The van der Waals surface area contributed by atoms with Gasteiger partial charge in [-0.1, -0.05) is 12.8 Å². The van der Waals surface area contributed by atoms with Gasteiger partial charge in [-0.25, -0.2) is 0 Å². The SMILES string of the molecule is Cc1c(C(=O)N[C@@H]2CCCC[C@H]2N)cnn1C. The summed E-state index contributed by atoms with van der Waals surface area (Å²) < 4.78 is 1.70. The quantitative estimate of drug-likeness (QED) is 0.795. The van der Waals surface area contributed by atoms with Gasteiger partial charge in [-0.15, -0.1) is 0 Å². The van der Waals surface area contributed by atoms with Gasteiger partial charge in [0.05, 0.1) is 11.8 Å². The molecule has 5 nitrogen and oxygen atoms in total. The van der Waals surface area contributed by atoms with E-state index in [1.54, 1.807) is 10.9 Å². The van der Waals surface area contributed by atoms with E-state index in [9.17, 15) is 4.79 Å². The minimum Gasteiger partial charge on any atom is -0.348 e. The Morgan fingerprint density at radius 1 is 1.53 bits per heavy atom. The number of carbonyl (C=O) groups excluding carboxylic acids is 1. The molecule has 0 bridgehead atoms. The second-order valence-corrected chi connectivity index (χ2v) is 4.80. The van der Waals surface area contributed by atoms with Crippen LogP contribution in [0.25, 0.3) is 0 Å². The lowest BCUT2D eigenvalue weighted by Gasteiger charge is -2.29. The van der Waals surface area contributed by atoms with Crippen LogP contribution in [-0.2, 0) is 7.05 Å². The molecule has 94 valence electrons. The Balaban J connectivity index is 2.03. The van der Waals surface area contributed by atoms with Crippen molar-refractivity contribution in [2.75, 3.05) is 0 Å². The van der Waals surface area contributed by atoms with Crippen molar-refractivity contribution in [1.29, 1.82) is 0 Å². The molecule has 1 aliphatic carbocycles. The van der Waals surface area contributed by atoms with Gasteiger partial charge >= 0.3 is 0 Å². The number of aryl methyl sites for hydroxylation is 1. The van der Waals surface area contributed by atoms with Crippen LogP contribution in [0, 0.1) is 6.92 Å². The molecular weight excluding hydrogens is 216 g/mol. The molecule has 0 aliphatic heterocycles. The van der Waals surface area contributed by atoms with Gasteiger partial charge in [0.1, 0.15) is 0 Å². The van der Waals surface area contributed by atoms with Gasteiger partial charge < -0.3 is 11.1 Å². The van der Waals surface area contributed by atoms with Gasteiger partial charge in [0, 0.05) is 24.8 Å². The monoisotopic (exact) mass is 236 g/mol. The van der Waals surface area contributed by atoms with Crippen LogP contribution in [0.4, 0.5) is 0 Å². The van der Waals surface area contributed by atoms with Gasteiger partial charge in [0.15, 0.2) is 0 Å². The zero-order chi connectivity index (χ0) is 12.4. The largest absolute Gasteiger partial charge is 0.348 e. The number of nitrogens with two attached hydrogens (primary N) is 1. The van der Waals surface area contributed by atoms with E-state index in [0.29, 0.717) is 5.56 Å². The summed E-state index contributed by atoms with van der Waals surface area (Å²) in [6.07, 6.45) is 5.90. The van der Waals surface area contributed by atoms with Crippen LogP contribution >= 0.6 is 0 Å². The van der Waals surface area contributed by atoms with Crippen molar-refractivity contribution in [3.63, 3.8) is 0 Å². The molecule has 17 heavy (non-hydrogen) atoms. The topological polar surface area (TPSA) is 72.9 Å². The Hall–Kier alpha value is -1.36. The highest BCUT2D eigenvalue weighted by molar-refractivity contribution is 5.95. The molecule has 5 heteroatoms. The zero-order valence-electron chi connectivity index (χ0n) is 10.4. The number of hydrogen-bond acceptors (Lipinski definition) is 3. The number of amides is 1. The normalized spacial score (nSPS) is 24.6. The van der Waals surface area contributed by atoms with Gasteiger partial charge in [0.25, 0.3) is 5.91 Å². The first-order valence-electron chi connectivity index (χ1n) is 6.14. The molecule has 1 aromatic rings. The van der Waals surface area contributed by atoms with Crippen LogP contribution in [0.15, 0.2) is 6.20 Å². The number of nitrogens with zero attached hydrogens (tertiary/aromatic N) is 2. The lowest BCUT2D eigenvalue weighted by Crippen LogP contribution is -2.49. The molecule has 0 saturated heterocycles. The molecule has 3 N–H and O–H groups in total. The van der Waals surface area contributed by atoms with Gasteiger partial charge in [-0.05, 0) is 19.8 Å². The van der Waals surface area contributed by atoms with Gasteiger partial charge in [-0.3, -0.25) is 9.48 Å². The van der Waals surface area contributed by atoms with Crippen LogP contribution in [0.3, 0.4) is 0 Å². The van der Waals surface area contributed by atoms with Crippen LogP contribution in [0.1, 0.15) is 41.7 Å². The van der Waals surface area contributed by atoms with Crippen LogP contribution in [0.2, 0.25) is 0 Å². The fraction of sp³-hybridized carbons (Fsp3) is 0.667. The lowest BCUT2D eigenvalue weighted by molar-refractivity contribution is 0.0920. The lowest BCUT2D eigenvalue weighted by atomic mass is 9.91. The predicted octanol–water partition coefficient (Wildman–Crippen LogP) is 0.728. The van der Waals surface area contributed by atoms with Crippen LogP contribution in [0.5, 0.6) is 0 Å². The summed E-state index contributed by atoms with van der Waals surface area (Å²) in [7, 11) is 1.83. The van der Waals surface area contributed by atoms with Crippen molar-refractivity contribution >= 4 is 5.91 Å². The minimum absolute atomic E-state index is 0.0575. The third kappa shape index (κ3) is 2.49. The summed E-state index contributed by atoms with van der Waals surface area (Å²) in [6, 6.07) is 0.195. The highest BCUT2D eigenvalue weighted by Gasteiger charge is 2.24. The summed E-state index contributed by atoms with van der Waals surface area (Å²) in [5.74, 6) is -0.0575. The first-order valence-corrected chi connectivity index (χ1v) is 6.14. The summed E-state index contributed by atoms with van der Waals surface area (Å²) >= 11 is 0. The van der Waals surface area contributed by atoms with E-state index in [1.165, 1.54) is 6.42 Å². The van der Waals surface area contributed by atoms with E-state index in [0.717, 1.165) is 25.0 Å². The average Bonchev–Trinajstić information content (AvgIpc) is 2.63. The third-order valence-electron chi connectivity index (χ3n) is 3.62. The van der Waals surface area contributed by atoms with Crippen molar-refractivity contribution in [3.05, 3.63) is 17.5 Å². The first-order chi connectivity index (χ1) is 8.09. The van der Waals surface area contributed by atoms with Crippen molar-refractivity contribution in [2.45, 2.75) is 44.7 Å². The molecule has 1 fully saturated rings. The maximum atomic E-state index is 12.1. The average molecular weight is 236 g/mol. The van der Waals surface area contributed by atoms with Gasteiger partial charge in [0.2, 0.25) is 0 Å². The van der Waals surface area contributed by atoms with E-state index in [2.05, 4.69) is 10.4 Å². The van der Waals surface area contributed by atoms with Crippen molar-refractivity contribution in [3.8, 4) is 0 Å². The number of aromatic nitrogens is 2. The molecule has 1 aromatic heterocycles. The molecule has 1 amide bonds. The van der Waals surface area contributed by atoms with E-state index in [1.807, 2.05) is 14.0 Å². The number of rotatable bonds is 2. The maximum Gasteiger partial charge on any atom is 0.255 e. The molecule has 1 heterocycles. The minimum atomic E-state index is -0.0575. The molecule has 0 radical (unpaired) electrons. The predicted molar refractivity (Wildman–Crippen MR) is 65.6 cm³/mol. The van der Waals surface area contributed by atoms with Crippen molar-refractivity contribution in [1.82, 2.24) is 15.1 Å². The summed E-state index contributed by atoms with van der Waals surface area (Å²) in [4.78, 5) is 12.1. The standard InChI is InChI=1S/C12H20N4O/c1-8-9(7-14-16(8)2)12(17)15-11-6-4-3-5-10(11)13/h7,10-11H,3-6,13H2,1-2H3,(H,15,17)/t10-,11-/m1/s1. The smallest absolute Gasteiger partial charge is 0.255 e. The highest BCUT2D eigenvalue weighted by Crippen LogP contribution is 2.17. The van der Waals surface area contributed by atoms with E-state index >= 15 is 0 Å². The van der Waals surface area contributed by atoms with E-state index < -0.39 is 0 Å². The number of hydrogen-bond donors (Lipinski definition) is 2. The Morgan fingerprint density at radius 3 is 2.82 bits per heavy atom. The van der Waals surface area contributed by atoms with E-state index in [4.69, 9.17) is 5.73 Å². The Morgan fingerprint density at radius 2 is 2.24 bits per heavy atom. The molecule has 2 rings (SSSR count). The number of carbonyl (C=O) groups is 1. The first kappa shape index (κ1) is 12.1. The molecular formula is C12H20N4O. The second-order valence-electron chi connectivity index (χ2n) is 4.80. The Kier molecular flexibility index (Phi) is 3.47. The summed E-state index contributed by atoms with van der Waals surface area (Å²) in [6.45, 7) is 1.89. The van der Waals surface area contributed by atoms with Crippen LogP contribution < -0.4 is 11.1 Å². The number of nitrogens with one attached hydrogen (secondary N) is 1. The molecule has 0 spiro atoms. The molecule has 2 atom stereocenters. The zero-order valence-corrected chi connectivity index (χ0v) is 10.4. The van der Waals surface area contributed by atoms with E-state index in [-0.39, 0.29) is 18.0 Å². The Labute approximate surface area is 101 Å². The molecule has 0 unspecified atom stereocenters. The highest BCUT2D eigenvalue weighted by atomic mass is 16.1. The Bertz CT molecular complexity index is 413. The molecule has 1 aliphatic rings. The molecule has 0 aromatic carbocycles. The van der Waals surface area contributed by atoms with Crippen molar-refractivity contribution in [2.24, 2.45) is 12.8 Å². The van der Waals surface area contributed by atoms with Crippen LogP contribution in [-0.4, -0.2) is 27.8 Å². The fourth-order valence-corrected chi connectivity index (χ4v) is 2.31. The molecule has 1 saturated carbocycles.